The summed E-state index contributed by atoms with van der Waals surface area (Å²) < 4.78 is 0. The normalized spacial score (nSPS) is 16.5. The van der Waals surface area contributed by atoms with E-state index in [1.54, 1.807) is 0 Å². The van der Waals surface area contributed by atoms with Gasteiger partial charge >= 0.3 is 0 Å². The van der Waals surface area contributed by atoms with Gasteiger partial charge in [-0.2, -0.15) is 5.26 Å². The molecule has 0 N–H and O–H groups in total. The quantitative estimate of drug-likeness (QED) is 0.772. The first-order chi connectivity index (χ1) is 9.70. The maximum absolute atomic E-state index is 12.6. The predicted molar refractivity (Wildman–Crippen MR) is 77.7 cm³/mol. The lowest BCUT2D eigenvalue weighted by Crippen LogP contribution is -2.05. The summed E-state index contributed by atoms with van der Waals surface area (Å²) in [6, 6.07) is 15.7. The van der Waals surface area contributed by atoms with E-state index in [1.807, 2.05) is 49.4 Å². The van der Waals surface area contributed by atoms with E-state index in [1.165, 1.54) is 0 Å². The van der Waals surface area contributed by atoms with E-state index >= 15 is 0 Å². The Labute approximate surface area is 118 Å². The summed E-state index contributed by atoms with van der Waals surface area (Å²) in [5.41, 5.74) is 4.70. The SMILES string of the molecule is Cc1ccc(C(=O)c2cccc3c2CCC3C#N)cc1. The standard InChI is InChI=1S/C18H15NO/c1-12-5-7-13(8-6-12)18(20)17-4-2-3-15-14(11-19)9-10-16(15)17/h2-8,14H,9-10H2,1H3. The molecule has 0 amide bonds. The highest BCUT2D eigenvalue weighted by Crippen LogP contribution is 2.35. The second-order valence-corrected chi connectivity index (χ2v) is 5.29. The van der Waals surface area contributed by atoms with Crippen LogP contribution in [0.3, 0.4) is 0 Å². The van der Waals surface area contributed by atoms with E-state index in [-0.39, 0.29) is 11.7 Å². The van der Waals surface area contributed by atoms with Crippen LogP contribution in [0.4, 0.5) is 0 Å². The van der Waals surface area contributed by atoms with Crippen LogP contribution in [0, 0.1) is 18.3 Å². The molecule has 98 valence electrons. The molecular weight excluding hydrogens is 246 g/mol. The topological polar surface area (TPSA) is 40.9 Å². The van der Waals surface area contributed by atoms with Gasteiger partial charge in [-0.25, -0.2) is 0 Å². The molecule has 0 aliphatic heterocycles. The molecule has 0 radical (unpaired) electrons. The number of carbonyl (C=O) groups is 1. The third-order valence-corrected chi connectivity index (χ3v) is 3.98. The fourth-order valence-electron chi connectivity index (χ4n) is 2.86. The van der Waals surface area contributed by atoms with Gasteiger partial charge in [0.25, 0.3) is 0 Å². The molecule has 1 unspecified atom stereocenters. The minimum atomic E-state index is -0.0595. The van der Waals surface area contributed by atoms with Crippen LogP contribution < -0.4 is 0 Å². The van der Waals surface area contributed by atoms with Crippen LogP contribution in [0.2, 0.25) is 0 Å². The molecule has 0 heterocycles. The Morgan fingerprint density at radius 2 is 1.95 bits per heavy atom. The minimum absolute atomic E-state index is 0.0560. The van der Waals surface area contributed by atoms with Crippen molar-refractivity contribution in [2.24, 2.45) is 0 Å². The van der Waals surface area contributed by atoms with Crippen LogP contribution in [-0.4, -0.2) is 5.78 Å². The van der Waals surface area contributed by atoms with Crippen molar-refractivity contribution < 1.29 is 4.79 Å². The number of nitriles is 1. The largest absolute Gasteiger partial charge is 0.289 e. The van der Waals surface area contributed by atoms with Crippen molar-refractivity contribution in [2.45, 2.75) is 25.7 Å². The Kier molecular flexibility index (Phi) is 3.12. The van der Waals surface area contributed by atoms with Gasteiger partial charge in [0.15, 0.2) is 5.78 Å². The fourth-order valence-corrected chi connectivity index (χ4v) is 2.86. The van der Waals surface area contributed by atoms with Gasteiger partial charge in [-0.1, -0.05) is 48.0 Å². The fraction of sp³-hybridized carbons (Fsp3) is 0.222. The Bertz CT molecular complexity index is 707. The summed E-state index contributed by atoms with van der Waals surface area (Å²) in [5.74, 6) is -0.00351. The Morgan fingerprint density at radius 1 is 1.20 bits per heavy atom. The second kappa shape index (κ2) is 4.94. The molecule has 0 spiro atoms. The summed E-state index contributed by atoms with van der Waals surface area (Å²) in [7, 11) is 0. The summed E-state index contributed by atoms with van der Waals surface area (Å²) in [4.78, 5) is 12.6. The summed E-state index contributed by atoms with van der Waals surface area (Å²) in [6.07, 6.45) is 1.64. The molecule has 2 nitrogen and oxygen atoms in total. The number of ketones is 1. The first-order valence-electron chi connectivity index (χ1n) is 6.83. The third-order valence-electron chi connectivity index (χ3n) is 3.98. The van der Waals surface area contributed by atoms with Crippen LogP contribution in [0.1, 0.15) is 45.0 Å². The van der Waals surface area contributed by atoms with Crippen molar-refractivity contribution in [3.63, 3.8) is 0 Å². The molecule has 2 heteroatoms. The highest BCUT2D eigenvalue weighted by Gasteiger charge is 2.26. The average Bonchev–Trinajstić information content (AvgIpc) is 2.90. The molecular formula is C18H15NO. The van der Waals surface area contributed by atoms with Crippen molar-refractivity contribution in [3.05, 3.63) is 70.3 Å². The Balaban J connectivity index is 2.04. The first-order valence-corrected chi connectivity index (χ1v) is 6.83. The minimum Gasteiger partial charge on any atom is -0.289 e. The van der Waals surface area contributed by atoms with Gasteiger partial charge < -0.3 is 0 Å². The molecule has 0 saturated carbocycles. The van der Waals surface area contributed by atoms with E-state index in [0.717, 1.165) is 35.1 Å². The van der Waals surface area contributed by atoms with E-state index in [9.17, 15) is 4.79 Å². The summed E-state index contributed by atoms with van der Waals surface area (Å²) in [5, 5.41) is 9.15. The number of rotatable bonds is 2. The van der Waals surface area contributed by atoms with Gasteiger partial charge in [-0.05, 0) is 30.9 Å². The molecule has 1 aliphatic rings. The van der Waals surface area contributed by atoms with Crippen molar-refractivity contribution in [1.29, 1.82) is 5.26 Å². The van der Waals surface area contributed by atoms with Gasteiger partial charge in [-0.15, -0.1) is 0 Å². The Morgan fingerprint density at radius 3 is 2.65 bits per heavy atom. The molecule has 0 saturated heterocycles. The van der Waals surface area contributed by atoms with E-state index < -0.39 is 0 Å². The predicted octanol–water partition coefficient (Wildman–Crippen LogP) is 3.78. The lowest BCUT2D eigenvalue weighted by molar-refractivity contribution is 0.103. The van der Waals surface area contributed by atoms with Crippen LogP contribution >= 0.6 is 0 Å². The Hall–Kier alpha value is -2.40. The number of benzene rings is 2. The molecule has 0 bridgehead atoms. The van der Waals surface area contributed by atoms with E-state index in [2.05, 4.69) is 6.07 Å². The molecule has 3 rings (SSSR count). The molecule has 20 heavy (non-hydrogen) atoms. The van der Waals surface area contributed by atoms with Gasteiger partial charge in [0, 0.05) is 11.1 Å². The molecule has 1 aliphatic carbocycles. The van der Waals surface area contributed by atoms with Crippen molar-refractivity contribution >= 4 is 5.78 Å². The van der Waals surface area contributed by atoms with Crippen molar-refractivity contribution in [3.8, 4) is 6.07 Å². The summed E-state index contributed by atoms with van der Waals surface area (Å²) >= 11 is 0. The van der Waals surface area contributed by atoms with Gasteiger partial charge in [0.2, 0.25) is 0 Å². The van der Waals surface area contributed by atoms with E-state index in [4.69, 9.17) is 5.26 Å². The smallest absolute Gasteiger partial charge is 0.193 e. The summed E-state index contributed by atoms with van der Waals surface area (Å²) in [6.45, 7) is 2.01. The lowest BCUT2D eigenvalue weighted by Gasteiger charge is -2.08. The van der Waals surface area contributed by atoms with Crippen LogP contribution in [-0.2, 0) is 6.42 Å². The molecule has 2 aromatic carbocycles. The van der Waals surface area contributed by atoms with Crippen LogP contribution in [0.5, 0.6) is 0 Å². The van der Waals surface area contributed by atoms with Crippen molar-refractivity contribution in [2.75, 3.05) is 0 Å². The zero-order chi connectivity index (χ0) is 14.1. The monoisotopic (exact) mass is 261 g/mol. The molecule has 0 aromatic heterocycles. The maximum atomic E-state index is 12.6. The number of hydrogen-bond donors (Lipinski definition) is 0. The van der Waals surface area contributed by atoms with Crippen LogP contribution in [0.15, 0.2) is 42.5 Å². The van der Waals surface area contributed by atoms with Gasteiger partial charge in [0.1, 0.15) is 0 Å². The molecule has 0 fully saturated rings. The number of carbonyl (C=O) groups excluding carboxylic acids is 1. The second-order valence-electron chi connectivity index (χ2n) is 5.29. The number of nitrogens with zero attached hydrogens (tertiary/aromatic N) is 1. The van der Waals surface area contributed by atoms with Crippen LogP contribution in [0.25, 0.3) is 0 Å². The zero-order valence-corrected chi connectivity index (χ0v) is 11.4. The van der Waals surface area contributed by atoms with Gasteiger partial charge in [0.05, 0.1) is 12.0 Å². The number of hydrogen-bond acceptors (Lipinski definition) is 2. The number of aryl methyl sites for hydroxylation is 1. The third kappa shape index (κ3) is 2.02. The van der Waals surface area contributed by atoms with Crippen molar-refractivity contribution in [1.82, 2.24) is 0 Å². The molecule has 2 aromatic rings. The first kappa shape index (κ1) is 12.6. The van der Waals surface area contributed by atoms with E-state index in [0.29, 0.717) is 5.56 Å². The van der Waals surface area contributed by atoms with Gasteiger partial charge in [-0.3, -0.25) is 4.79 Å². The number of fused-ring (bicyclic) bond motifs is 1. The maximum Gasteiger partial charge on any atom is 0.193 e. The highest BCUT2D eigenvalue weighted by atomic mass is 16.1. The lowest BCUT2D eigenvalue weighted by atomic mass is 9.94. The zero-order valence-electron chi connectivity index (χ0n) is 11.4. The average molecular weight is 261 g/mol. The highest BCUT2D eigenvalue weighted by molar-refractivity contribution is 6.10. The molecule has 1 atom stereocenters.